The van der Waals surface area contributed by atoms with Gasteiger partial charge in [0, 0.05) is 26.2 Å². The van der Waals surface area contributed by atoms with E-state index < -0.39 is 20.4 Å². The van der Waals surface area contributed by atoms with Crippen molar-refractivity contribution in [3.8, 4) is 0 Å². The van der Waals surface area contributed by atoms with E-state index in [-0.39, 0.29) is 42.6 Å². The van der Waals surface area contributed by atoms with Crippen LogP contribution in [0.2, 0.25) is 5.02 Å². The minimum Gasteiger partial charge on any atom is -0.379 e. The lowest BCUT2D eigenvalue weighted by atomic mass is 10.3. The van der Waals surface area contributed by atoms with Crippen molar-refractivity contribution in [2.45, 2.75) is 0 Å². The van der Waals surface area contributed by atoms with Gasteiger partial charge in [-0.3, -0.25) is 9.44 Å². The van der Waals surface area contributed by atoms with Gasteiger partial charge in [-0.2, -0.15) is 25.4 Å². The maximum atomic E-state index is 12.4. The van der Waals surface area contributed by atoms with E-state index in [1.807, 2.05) is 0 Å². The highest BCUT2D eigenvalue weighted by Crippen LogP contribution is 2.28. The fourth-order valence-electron chi connectivity index (χ4n) is 2.65. The van der Waals surface area contributed by atoms with Gasteiger partial charge in [-0.25, -0.2) is 0 Å². The largest absolute Gasteiger partial charge is 0.379 e. The van der Waals surface area contributed by atoms with E-state index in [2.05, 4.69) is 9.44 Å². The molecule has 10 nitrogen and oxygen atoms in total. The molecular formula is C14H21ClN4O6S2. The Hall–Kier alpha value is -1.15. The molecule has 0 saturated carbocycles. The van der Waals surface area contributed by atoms with Gasteiger partial charge in [0.05, 0.1) is 42.8 Å². The van der Waals surface area contributed by atoms with Crippen LogP contribution in [-0.4, -0.2) is 78.1 Å². The molecule has 2 aliphatic rings. The molecule has 1 aromatic rings. The smallest absolute Gasteiger partial charge is 0.301 e. The van der Waals surface area contributed by atoms with Gasteiger partial charge in [0.15, 0.2) is 0 Å². The number of hydrogen-bond donors (Lipinski definition) is 2. The molecule has 2 saturated heterocycles. The van der Waals surface area contributed by atoms with E-state index in [0.717, 1.165) is 0 Å². The molecule has 0 radical (unpaired) electrons. The fourth-order valence-corrected chi connectivity index (χ4v) is 5.33. The Kier molecular flexibility index (Phi) is 6.46. The molecule has 0 aromatic heterocycles. The summed E-state index contributed by atoms with van der Waals surface area (Å²) >= 11 is 6.15. The second-order valence-electron chi connectivity index (χ2n) is 5.93. The average Bonchev–Trinajstić information content (AvgIpc) is 2.65. The minimum absolute atomic E-state index is 0.0778. The summed E-state index contributed by atoms with van der Waals surface area (Å²) in [4.78, 5) is 0. The molecule has 0 unspecified atom stereocenters. The van der Waals surface area contributed by atoms with Crippen LogP contribution in [0.15, 0.2) is 18.2 Å². The van der Waals surface area contributed by atoms with Crippen LogP contribution >= 0.6 is 11.6 Å². The van der Waals surface area contributed by atoms with Crippen LogP contribution in [0.4, 0.5) is 11.4 Å². The van der Waals surface area contributed by atoms with E-state index in [9.17, 15) is 16.8 Å². The first-order valence-corrected chi connectivity index (χ1v) is 11.5. The fraction of sp³-hybridized carbons (Fsp3) is 0.571. The number of benzene rings is 1. The van der Waals surface area contributed by atoms with Gasteiger partial charge in [0.1, 0.15) is 0 Å². The molecule has 0 spiro atoms. The zero-order valence-electron chi connectivity index (χ0n) is 14.4. The highest BCUT2D eigenvalue weighted by atomic mass is 35.5. The number of rotatable bonds is 6. The van der Waals surface area contributed by atoms with E-state index in [1.54, 1.807) is 0 Å². The predicted molar refractivity (Wildman–Crippen MR) is 101 cm³/mol. The average molecular weight is 441 g/mol. The molecule has 152 valence electrons. The van der Waals surface area contributed by atoms with Crippen LogP contribution in [0.25, 0.3) is 0 Å². The second kappa shape index (κ2) is 8.47. The van der Waals surface area contributed by atoms with Gasteiger partial charge < -0.3 is 9.47 Å². The van der Waals surface area contributed by atoms with Crippen molar-refractivity contribution in [2.24, 2.45) is 0 Å². The summed E-state index contributed by atoms with van der Waals surface area (Å²) in [5, 5.41) is 0.0778. The van der Waals surface area contributed by atoms with Crippen LogP contribution in [0, 0.1) is 0 Å². The second-order valence-corrected chi connectivity index (χ2v) is 9.68. The van der Waals surface area contributed by atoms with Gasteiger partial charge >= 0.3 is 20.4 Å². The van der Waals surface area contributed by atoms with Crippen molar-refractivity contribution < 1.29 is 26.3 Å². The number of hydrogen-bond acceptors (Lipinski definition) is 6. The van der Waals surface area contributed by atoms with E-state index in [4.69, 9.17) is 21.1 Å². The molecule has 2 aliphatic heterocycles. The molecule has 0 bridgehead atoms. The Balaban J connectivity index is 1.70. The molecule has 27 heavy (non-hydrogen) atoms. The lowest BCUT2D eigenvalue weighted by Crippen LogP contribution is -2.43. The third kappa shape index (κ3) is 5.22. The normalized spacial score (nSPS) is 20.3. The van der Waals surface area contributed by atoms with Crippen LogP contribution in [0.5, 0.6) is 0 Å². The summed E-state index contributed by atoms with van der Waals surface area (Å²) in [6.07, 6.45) is 0. The summed E-state index contributed by atoms with van der Waals surface area (Å²) in [5.74, 6) is 0. The Morgan fingerprint density at radius 2 is 1.30 bits per heavy atom. The predicted octanol–water partition coefficient (Wildman–Crippen LogP) is 0.318. The number of nitrogens with one attached hydrogen (secondary N) is 2. The number of halogens is 1. The van der Waals surface area contributed by atoms with Gasteiger partial charge in [-0.15, -0.1) is 0 Å². The van der Waals surface area contributed by atoms with Gasteiger partial charge in [0.2, 0.25) is 0 Å². The Morgan fingerprint density at radius 1 is 0.815 bits per heavy atom. The Labute approximate surface area is 163 Å². The standard InChI is InChI=1S/C14H21ClN4O6S2/c15-13-11-12(16-26(20,21)18-3-7-24-8-4-18)1-2-14(13)17-27(22,23)19-5-9-25-10-6-19/h1-2,11,16-17H,3-10H2. The SMILES string of the molecule is O=S(=O)(Nc1ccc(NS(=O)(=O)N2CCOCC2)c(Cl)c1)N1CCOCC1. The zero-order valence-corrected chi connectivity index (χ0v) is 16.8. The molecule has 0 amide bonds. The molecule has 2 N–H and O–H groups in total. The zero-order chi connectivity index (χ0) is 19.5. The highest BCUT2D eigenvalue weighted by Gasteiger charge is 2.26. The van der Waals surface area contributed by atoms with Crippen molar-refractivity contribution in [1.29, 1.82) is 0 Å². The van der Waals surface area contributed by atoms with Crippen molar-refractivity contribution in [3.05, 3.63) is 23.2 Å². The molecule has 3 rings (SSSR count). The summed E-state index contributed by atoms with van der Waals surface area (Å²) < 4.78 is 67.2. The van der Waals surface area contributed by atoms with Crippen molar-refractivity contribution in [3.63, 3.8) is 0 Å². The third-order valence-electron chi connectivity index (χ3n) is 4.07. The number of ether oxygens (including phenoxy) is 2. The summed E-state index contributed by atoms with van der Waals surface area (Å²) in [5.41, 5.74) is 0.401. The first-order chi connectivity index (χ1) is 12.8. The first kappa shape index (κ1) is 20.6. The van der Waals surface area contributed by atoms with Gasteiger partial charge in [-0.1, -0.05) is 11.6 Å². The molecule has 0 atom stereocenters. The monoisotopic (exact) mass is 440 g/mol. The van der Waals surface area contributed by atoms with Crippen LogP contribution in [0.3, 0.4) is 0 Å². The lowest BCUT2D eigenvalue weighted by molar-refractivity contribution is 0.0733. The number of morpholine rings is 2. The molecule has 0 aliphatic carbocycles. The lowest BCUT2D eigenvalue weighted by Gasteiger charge is -2.27. The maximum absolute atomic E-state index is 12.4. The maximum Gasteiger partial charge on any atom is 0.301 e. The highest BCUT2D eigenvalue weighted by molar-refractivity contribution is 7.90. The Bertz CT molecular complexity index is 868. The molecule has 2 fully saturated rings. The molecule has 2 heterocycles. The Morgan fingerprint density at radius 3 is 1.78 bits per heavy atom. The molecule has 13 heteroatoms. The summed E-state index contributed by atoms with van der Waals surface area (Å²) in [6, 6.07) is 4.22. The van der Waals surface area contributed by atoms with Crippen molar-refractivity contribution in [1.82, 2.24) is 8.61 Å². The van der Waals surface area contributed by atoms with E-state index >= 15 is 0 Å². The van der Waals surface area contributed by atoms with Crippen molar-refractivity contribution >= 4 is 43.4 Å². The van der Waals surface area contributed by atoms with Crippen LogP contribution < -0.4 is 9.44 Å². The molecular weight excluding hydrogens is 420 g/mol. The van der Waals surface area contributed by atoms with Crippen LogP contribution in [0.1, 0.15) is 0 Å². The van der Waals surface area contributed by atoms with Gasteiger partial charge in [0.25, 0.3) is 0 Å². The number of nitrogens with zero attached hydrogens (tertiary/aromatic N) is 2. The first-order valence-electron chi connectivity index (χ1n) is 8.29. The summed E-state index contributed by atoms with van der Waals surface area (Å²) in [6.45, 7) is 2.37. The van der Waals surface area contributed by atoms with Crippen LogP contribution in [-0.2, 0) is 29.9 Å². The number of anilines is 2. The topological polar surface area (TPSA) is 117 Å². The quantitative estimate of drug-likeness (QED) is 0.657. The van der Waals surface area contributed by atoms with Gasteiger partial charge in [-0.05, 0) is 18.2 Å². The molecule has 1 aromatic carbocycles. The minimum atomic E-state index is -3.77. The third-order valence-corrected chi connectivity index (χ3v) is 7.45. The van der Waals surface area contributed by atoms with E-state index in [0.29, 0.717) is 26.4 Å². The van der Waals surface area contributed by atoms with E-state index in [1.165, 1.54) is 26.8 Å². The summed E-state index contributed by atoms with van der Waals surface area (Å²) in [7, 11) is -7.50. The van der Waals surface area contributed by atoms with Crippen molar-refractivity contribution in [2.75, 3.05) is 62.1 Å².